The molecular formula is C16H25BrIN3O. The van der Waals surface area contributed by atoms with Crippen LogP contribution in [0, 0.1) is 12.8 Å². The first-order chi connectivity index (χ1) is 10.1. The van der Waals surface area contributed by atoms with E-state index in [2.05, 4.69) is 63.3 Å². The highest BCUT2D eigenvalue weighted by molar-refractivity contribution is 14.0. The Morgan fingerprint density at radius 2 is 2.27 bits per heavy atom. The van der Waals surface area contributed by atoms with Crippen molar-refractivity contribution in [3.63, 3.8) is 0 Å². The van der Waals surface area contributed by atoms with Crippen LogP contribution >= 0.6 is 39.9 Å². The lowest BCUT2D eigenvalue weighted by Gasteiger charge is -2.24. The van der Waals surface area contributed by atoms with Crippen molar-refractivity contribution in [1.82, 2.24) is 10.2 Å². The van der Waals surface area contributed by atoms with Gasteiger partial charge in [0, 0.05) is 44.2 Å². The van der Waals surface area contributed by atoms with Crippen molar-refractivity contribution < 1.29 is 4.74 Å². The van der Waals surface area contributed by atoms with Crippen LogP contribution in [0.4, 0.5) is 0 Å². The summed E-state index contributed by atoms with van der Waals surface area (Å²) in [6.07, 6.45) is 1.15. The topological polar surface area (TPSA) is 36.9 Å². The molecule has 0 radical (unpaired) electrons. The van der Waals surface area contributed by atoms with E-state index in [0.717, 1.165) is 43.2 Å². The molecule has 1 heterocycles. The molecule has 6 heteroatoms. The number of aliphatic imine (C=N–C) groups is 1. The van der Waals surface area contributed by atoms with Crippen molar-refractivity contribution in [2.75, 3.05) is 33.9 Å². The Balaban J connectivity index is 0.00000242. The van der Waals surface area contributed by atoms with Gasteiger partial charge in [0.05, 0.1) is 6.61 Å². The molecule has 0 spiro atoms. The number of rotatable bonds is 4. The van der Waals surface area contributed by atoms with Crippen molar-refractivity contribution in [2.24, 2.45) is 10.9 Å². The fourth-order valence-electron chi connectivity index (χ4n) is 2.62. The number of halogens is 2. The first-order valence-electron chi connectivity index (χ1n) is 7.34. The maximum Gasteiger partial charge on any atom is 0.193 e. The Kier molecular flexibility index (Phi) is 8.71. The number of guanidine groups is 1. The highest BCUT2D eigenvalue weighted by Gasteiger charge is 2.19. The van der Waals surface area contributed by atoms with Crippen LogP contribution in [0.15, 0.2) is 27.7 Å². The summed E-state index contributed by atoms with van der Waals surface area (Å²) in [5.41, 5.74) is 2.57. The molecule has 1 saturated heterocycles. The number of nitrogens with zero attached hydrogens (tertiary/aromatic N) is 2. The minimum absolute atomic E-state index is 0. The maximum atomic E-state index is 5.44. The molecule has 0 amide bonds. The molecule has 0 aliphatic carbocycles. The average molecular weight is 482 g/mol. The van der Waals surface area contributed by atoms with Crippen molar-refractivity contribution in [3.05, 3.63) is 33.8 Å². The second-order valence-corrected chi connectivity index (χ2v) is 6.50. The number of benzene rings is 1. The molecule has 0 aromatic heterocycles. The van der Waals surface area contributed by atoms with Crippen LogP contribution in [-0.4, -0.2) is 44.7 Å². The Bertz CT molecular complexity index is 504. The van der Waals surface area contributed by atoms with Gasteiger partial charge in [0.15, 0.2) is 5.96 Å². The zero-order valence-electron chi connectivity index (χ0n) is 13.4. The van der Waals surface area contributed by atoms with Crippen LogP contribution in [0.1, 0.15) is 17.5 Å². The fraction of sp³-hybridized carbons (Fsp3) is 0.562. The molecule has 0 bridgehead atoms. The van der Waals surface area contributed by atoms with Gasteiger partial charge in [-0.3, -0.25) is 4.99 Å². The smallest absolute Gasteiger partial charge is 0.193 e. The molecule has 1 fully saturated rings. The Hall–Kier alpha value is -0.340. The standard InChI is InChI=1S/C16H24BrN3O.HI/c1-12-8-15(17)5-4-14(12)9-19-16(18-2)20(3)10-13-6-7-21-11-13;/h4-5,8,13H,6-7,9-11H2,1-3H3,(H,18,19);1H. The summed E-state index contributed by atoms with van der Waals surface area (Å²) in [4.78, 5) is 6.56. The van der Waals surface area contributed by atoms with Crippen molar-refractivity contribution >= 4 is 45.9 Å². The van der Waals surface area contributed by atoms with Gasteiger partial charge in [-0.05, 0) is 36.6 Å². The van der Waals surface area contributed by atoms with Crippen LogP contribution in [0.25, 0.3) is 0 Å². The molecule has 1 unspecified atom stereocenters. The Morgan fingerprint density at radius 1 is 1.50 bits per heavy atom. The van der Waals surface area contributed by atoms with E-state index in [1.54, 1.807) is 0 Å². The summed E-state index contributed by atoms with van der Waals surface area (Å²) < 4.78 is 6.55. The normalized spacial score (nSPS) is 18.0. The van der Waals surface area contributed by atoms with Gasteiger partial charge in [-0.1, -0.05) is 22.0 Å². The molecule has 124 valence electrons. The Labute approximate surface area is 158 Å². The molecule has 0 saturated carbocycles. The molecule has 4 nitrogen and oxygen atoms in total. The minimum Gasteiger partial charge on any atom is -0.381 e. The van der Waals surface area contributed by atoms with Gasteiger partial charge in [-0.15, -0.1) is 24.0 Å². The third-order valence-corrected chi connectivity index (χ3v) is 4.36. The van der Waals surface area contributed by atoms with Gasteiger partial charge in [0.25, 0.3) is 0 Å². The second kappa shape index (κ2) is 9.72. The molecular weight excluding hydrogens is 457 g/mol. The lowest BCUT2D eigenvalue weighted by molar-refractivity contribution is 0.181. The van der Waals surface area contributed by atoms with Crippen molar-refractivity contribution in [2.45, 2.75) is 19.9 Å². The molecule has 1 aliphatic rings. The summed E-state index contributed by atoms with van der Waals surface area (Å²) in [6, 6.07) is 6.36. The first-order valence-corrected chi connectivity index (χ1v) is 8.14. The molecule has 1 aliphatic heterocycles. The van der Waals surface area contributed by atoms with Crippen LogP contribution in [0.5, 0.6) is 0 Å². The largest absolute Gasteiger partial charge is 0.381 e. The lowest BCUT2D eigenvalue weighted by atomic mass is 10.1. The molecule has 1 aromatic carbocycles. The zero-order valence-corrected chi connectivity index (χ0v) is 17.4. The van der Waals surface area contributed by atoms with Crippen LogP contribution in [0.2, 0.25) is 0 Å². The van der Waals surface area contributed by atoms with E-state index in [1.807, 2.05) is 7.05 Å². The van der Waals surface area contributed by atoms with Gasteiger partial charge in [0.1, 0.15) is 0 Å². The summed E-state index contributed by atoms with van der Waals surface area (Å²) in [7, 11) is 3.92. The van der Waals surface area contributed by atoms with Crippen molar-refractivity contribution in [1.29, 1.82) is 0 Å². The minimum atomic E-state index is 0. The highest BCUT2D eigenvalue weighted by Crippen LogP contribution is 2.16. The number of hydrogen-bond donors (Lipinski definition) is 1. The SMILES string of the molecule is CN=C(NCc1ccc(Br)cc1C)N(C)CC1CCOC1.I. The Morgan fingerprint density at radius 3 is 2.86 bits per heavy atom. The number of hydrogen-bond acceptors (Lipinski definition) is 2. The summed E-state index contributed by atoms with van der Waals surface area (Å²) in [5.74, 6) is 1.55. The zero-order chi connectivity index (χ0) is 15.2. The highest BCUT2D eigenvalue weighted by atomic mass is 127. The van der Waals surface area contributed by atoms with Crippen LogP contribution in [-0.2, 0) is 11.3 Å². The quantitative estimate of drug-likeness (QED) is 0.406. The van der Waals surface area contributed by atoms with E-state index in [0.29, 0.717) is 5.92 Å². The van der Waals surface area contributed by atoms with Gasteiger partial charge < -0.3 is 15.0 Å². The predicted octanol–water partition coefficient (Wildman–Crippen LogP) is 3.42. The first kappa shape index (κ1) is 19.7. The summed E-state index contributed by atoms with van der Waals surface area (Å²) in [6.45, 7) is 5.66. The van der Waals surface area contributed by atoms with Gasteiger partial charge >= 0.3 is 0 Å². The van der Waals surface area contributed by atoms with E-state index in [1.165, 1.54) is 11.1 Å². The number of aryl methyl sites for hydroxylation is 1. The molecule has 22 heavy (non-hydrogen) atoms. The number of nitrogens with one attached hydrogen (secondary N) is 1. The van der Waals surface area contributed by atoms with E-state index in [9.17, 15) is 0 Å². The molecule has 2 rings (SSSR count). The third kappa shape index (κ3) is 5.70. The number of ether oxygens (including phenoxy) is 1. The fourth-order valence-corrected chi connectivity index (χ4v) is 3.09. The predicted molar refractivity (Wildman–Crippen MR) is 106 cm³/mol. The third-order valence-electron chi connectivity index (χ3n) is 3.87. The maximum absolute atomic E-state index is 5.44. The average Bonchev–Trinajstić information content (AvgIpc) is 2.94. The van der Waals surface area contributed by atoms with Gasteiger partial charge in [0.2, 0.25) is 0 Å². The molecule has 1 atom stereocenters. The van der Waals surface area contributed by atoms with Crippen LogP contribution < -0.4 is 5.32 Å². The van der Waals surface area contributed by atoms with Crippen LogP contribution in [0.3, 0.4) is 0 Å². The lowest BCUT2D eigenvalue weighted by Crippen LogP contribution is -2.41. The van der Waals surface area contributed by atoms with E-state index < -0.39 is 0 Å². The second-order valence-electron chi connectivity index (χ2n) is 5.58. The van der Waals surface area contributed by atoms with E-state index in [4.69, 9.17) is 4.74 Å². The summed E-state index contributed by atoms with van der Waals surface area (Å²) >= 11 is 3.50. The van der Waals surface area contributed by atoms with Gasteiger partial charge in [-0.25, -0.2) is 0 Å². The summed E-state index contributed by atoms with van der Waals surface area (Å²) in [5, 5.41) is 3.44. The van der Waals surface area contributed by atoms with Crippen molar-refractivity contribution in [3.8, 4) is 0 Å². The van der Waals surface area contributed by atoms with E-state index >= 15 is 0 Å². The van der Waals surface area contributed by atoms with E-state index in [-0.39, 0.29) is 24.0 Å². The molecule has 1 N–H and O–H groups in total. The molecule has 1 aromatic rings. The van der Waals surface area contributed by atoms with Gasteiger partial charge in [-0.2, -0.15) is 0 Å². The monoisotopic (exact) mass is 481 g/mol.